The van der Waals surface area contributed by atoms with Crippen LogP contribution in [0.25, 0.3) is 0 Å². The summed E-state index contributed by atoms with van der Waals surface area (Å²) < 4.78 is 13.2. The second-order valence-corrected chi connectivity index (χ2v) is 4.09. The highest BCUT2D eigenvalue weighted by atomic mass is 19.1. The summed E-state index contributed by atoms with van der Waals surface area (Å²) in [6.45, 7) is -0.108. The molecule has 1 aromatic carbocycles. The Morgan fingerprint density at radius 2 is 2.27 bits per heavy atom. The lowest BCUT2D eigenvalue weighted by Gasteiger charge is -2.01. The van der Waals surface area contributed by atoms with Gasteiger partial charge in [-0.25, -0.2) is 9.37 Å². The molecular weight excluding hydrogens is 295 g/mol. The van der Waals surface area contributed by atoms with Crippen LogP contribution in [0.3, 0.4) is 0 Å². The quantitative estimate of drug-likeness (QED) is 0.496. The molecule has 10 heteroatoms. The molecule has 0 unspecified atom stereocenters. The van der Waals surface area contributed by atoms with E-state index < -0.39 is 10.7 Å². The van der Waals surface area contributed by atoms with Crippen molar-refractivity contribution in [1.29, 1.82) is 0 Å². The Kier molecular flexibility index (Phi) is 4.51. The molecule has 2 N–H and O–H groups in total. The number of hydrogen-bond donors (Lipinski definition) is 2. The van der Waals surface area contributed by atoms with Crippen LogP contribution in [0.2, 0.25) is 0 Å². The first-order valence-electron chi connectivity index (χ1n) is 6.05. The molecule has 0 bridgehead atoms. The molecule has 0 aliphatic rings. The smallest absolute Gasteiger partial charge is 0.270 e. The van der Waals surface area contributed by atoms with Crippen LogP contribution in [0, 0.1) is 15.9 Å². The molecule has 0 saturated heterocycles. The van der Waals surface area contributed by atoms with Crippen LogP contribution < -0.4 is 5.32 Å². The van der Waals surface area contributed by atoms with Crippen LogP contribution in [0.15, 0.2) is 34.6 Å². The van der Waals surface area contributed by atoms with Crippen LogP contribution in [0.1, 0.15) is 5.56 Å². The van der Waals surface area contributed by atoms with Crippen molar-refractivity contribution in [2.24, 2.45) is 10.2 Å². The molecule has 0 saturated carbocycles. The lowest BCUT2D eigenvalue weighted by molar-refractivity contribution is -0.384. The highest BCUT2D eigenvalue weighted by molar-refractivity contribution is 5.43. The Hall–Kier alpha value is -3.17. The van der Waals surface area contributed by atoms with Crippen molar-refractivity contribution < 1.29 is 14.4 Å². The second-order valence-electron chi connectivity index (χ2n) is 4.09. The third kappa shape index (κ3) is 3.48. The van der Waals surface area contributed by atoms with Gasteiger partial charge >= 0.3 is 0 Å². The SMILES string of the molecule is CNc1nc(N=NCc2cc([N+](=O)[O-])ccc2O)ncc1F. The third-order valence-electron chi connectivity index (χ3n) is 2.64. The second kappa shape index (κ2) is 6.52. The summed E-state index contributed by atoms with van der Waals surface area (Å²) in [5.74, 6) is -0.865. The molecule has 0 fully saturated rings. The molecule has 9 nitrogen and oxygen atoms in total. The van der Waals surface area contributed by atoms with E-state index in [2.05, 4.69) is 25.5 Å². The first-order valence-corrected chi connectivity index (χ1v) is 6.05. The van der Waals surface area contributed by atoms with Gasteiger partial charge in [-0.15, -0.1) is 5.11 Å². The van der Waals surface area contributed by atoms with Gasteiger partial charge in [0.25, 0.3) is 11.6 Å². The molecule has 1 aromatic heterocycles. The molecule has 0 spiro atoms. The standard InChI is InChI=1S/C12H11FN6O3/c1-14-11-9(13)6-15-12(17-11)18-16-5-7-4-8(19(21)22)2-3-10(7)20/h2-4,6,20H,5H2,1H3,(H,14,15,17). The van der Waals surface area contributed by atoms with Gasteiger partial charge in [0.1, 0.15) is 5.75 Å². The average Bonchev–Trinajstić information content (AvgIpc) is 2.50. The Balaban J connectivity index is 2.15. The maximum absolute atomic E-state index is 13.2. The van der Waals surface area contributed by atoms with Gasteiger partial charge in [-0.2, -0.15) is 10.1 Å². The molecule has 114 valence electrons. The average molecular weight is 306 g/mol. The number of hydrogen-bond acceptors (Lipinski definition) is 8. The molecule has 0 radical (unpaired) electrons. The Morgan fingerprint density at radius 3 is 2.95 bits per heavy atom. The number of nitrogens with one attached hydrogen (secondary N) is 1. The lowest BCUT2D eigenvalue weighted by atomic mass is 10.2. The summed E-state index contributed by atoms with van der Waals surface area (Å²) in [6, 6.07) is 3.58. The summed E-state index contributed by atoms with van der Waals surface area (Å²) in [5.41, 5.74) is 0.0624. The molecule has 22 heavy (non-hydrogen) atoms. The number of aromatic hydroxyl groups is 1. The van der Waals surface area contributed by atoms with E-state index in [1.807, 2.05) is 0 Å². The van der Waals surface area contributed by atoms with Crippen molar-refractivity contribution in [1.82, 2.24) is 9.97 Å². The van der Waals surface area contributed by atoms with E-state index in [0.717, 1.165) is 6.20 Å². The van der Waals surface area contributed by atoms with E-state index in [1.165, 1.54) is 25.2 Å². The minimum absolute atomic E-state index is 0.0258. The molecule has 0 amide bonds. The molecule has 0 aliphatic heterocycles. The van der Waals surface area contributed by atoms with Crippen molar-refractivity contribution in [3.8, 4) is 5.75 Å². The molecule has 0 atom stereocenters. The van der Waals surface area contributed by atoms with Crippen LogP contribution >= 0.6 is 0 Å². The number of benzene rings is 1. The van der Waals surface area contributed by atoms with Gasteiger partial charge in [-0.1, -0.05) is 0 Å². The van der Waals surface area contributed by atoms with Crippen molar-refractivity contribution in [2.75, 3.05) is 12.4 Å². The minimum Gasteiger partial charge on any atom is -0.508 e. The first-order chi connectivity index (χ1) is 10.5. The van der Waals surface area contributed by atoms with Crippen molar-refractivity contribution in [2.45, 2.75) is 6.54 Å². The third-order valence-corrected chi connectivity index (χ3v) is 2.64. The molecule has 2 aromatic rings. The number of nitro benzene ring substituents is 1. The summed E-state index contributed by atoms with van der Waals surface area (Å²) in [7, 11) is 1.49. The van der Waals surface area contributed by atoms with Gasteiger partial charge < -0.3 is 10.4 Å². The van der Waals surface area contributed by atoms with Gasteiger partial charge in [0.2, 0.25) is 0 Å². The van der Waals surface area contributed by atoms with Gasteiger partial charge in [0, 0.05) is 24.7 Å². The van der Waals surface area contributed by atoms with E-state index in [9.17, 15) is 19.6 Å². The number of azo groups is 1. The van der Waals surface area contributed by atoms with Crippen LogP contribution in [0.5, 0.6) is 5.75 Å². The van der Waals surface area contributed by atoms with Crippen molar-refractivity contribution in [3.05, 3.63) is 45.9 Å². The van der Waals surface area contributed by atoms with Crippen LogP contribution in [0.4, 0.5) is 21.8 Å². The Bertz CT molecular complexity index is 737. The Labute approximate surface area is 123 Å². The molecular formula is C12H11FN6O3. The fraction of sp³-hybridized carbons (Fsp3) is 0.167. The number of nitro groups is 1. The monoisotopic (exact) mass is 306 g/mol. The summed E-state index contributed by atoms with van der Waals surface area (Å²) in [6.07, 6.45) is 0.942. The lowest BCUT2D eigenvalue weighted by Crippen LogP contribution is -1.97. The number of non-ortho nitro benzene ring substituents is 1. The fourth-order valence-corrected chi connectivity index (χ4v) is 1.57. The predicted molar refractivity (Wildman–Crippen MR) is 74.5 cm³/mol. The number of anilines is 1. The van der Waals surface area contributed by atoms with E-state index in [-0.39, 0.29) is 35.3 Å². The molecule has 2 rings (SSSR count). The van der Waals surface area contributed by atoms with E-state index in [0.29, 0.717) is 0 Å². The van der Waals surface area contributed by atoms with Crippen LogP contribution in [-0.4, -0.2) is 27.0 Å². The fourth-order valence-electron chi connectivity index (χ4n) is 1.57. The number of aromatic nitrogens is 2. The Morgan fingerprint density at radius 1 is 1.50 bits per heavy atom. The number of phenolic OH excluding ortho intramolecular Hbond substituents is 1. The maximum Gasteiger partial charge on any atom is 0.270 e. The summed E-state index contributed by atoms with van der Waals surface area (Å²) >= 11 is 0. The van der Waals surface area contributed by atoms with Gasteiger partial charge in [-0.3, -0.25) is 10.1 Å². The van der Waals surface area contributed by atoms with Crippen molar-refractivity contribution in [3.63, 3.8) is 0 Å². The zero-order chi connectivity index (χ0) is 16.1. The largest absolute Gasteiger partial charge is 0.508 e. The topological polar surface area (TPSA) is 126 Å². The number of halogens is 1. The summed E-state index contributed by atoms with van der Waals surface area (Å²) in [5, 5.41) is 30.2. The van der Waals surface area contributed by atoms with Crippen LogP contribution in [-0.2, 0) is 6.54 Å². The predicted octanol–water partition coefficient (Wildman–Crippen LogP) is 2.56. The van der Waals surface area contributed by atoms with Gasteiger partial charge in [0.05, 0.1) is 17.7 Å². The van der Waals surface area contributed by atoms with Gasteiger partial charge in [-0.05, 0) is 6.07 Å². The number of phenols is 1. The molecule has 1 heterocycles. The summed E-state index contributed by atoms with van der Waals surface area (Å²) in [4.78, 5) is 17.5. The minimum atomic E-state index is -0.627. The maximum atomic E-state index is 13.2. The number of nitrogens with zero attached hydrogens (tertiary/aromatic N) is 5. The van der Waals surface area contributed by atoms with E-state index >= 15 is 0 Å². The van der Waals surface area contributed by atoms with E-state index in [1.54, 1.807) is 0 Å². The zero-order valence-electron chi connectivity index (χ0n) is 11.4. The molecule has 0 aliphatic carbocycles. The first kappa shape index (κ1) is 15.2. The highest BCUT2D eigenvalue weighted by Crippen LogP contribution is 2.24. The van der Waals surface area contributed by atoms with Crippen molar-refractivity contribution >= 4 is 17.5 Å². The number of rotatable bonds is 5. The normalized spacial score (nSPS) is 10.8. The highest BCUT2D eigenvalue weighted by Gasteiger charge is 2.10. The van der Waals surface area contributed by atoms with E-state index in [4.69, 9.17) is 0 Å². The van der Waals surface area contributed by atoms with Gasteiger partial charge in [0.15, 0.2) is 11.6 Å². The zero-order valence-corrected chi connectivity index (χ0v) is 11.4.